The van der Waals surface area contributed by atoms with Gasteiger partial charge in [-0.05, 0) is 284 Å². The smallest absolute Gasteiger partial charge is 0.000000000000170 e. The summed E-state index contributed by atoms with van der Waals surface area (Å²) in [6, 6.07) is 0. The van der Waals surface area contributed by atoms with Crippen LogP contribution in [0.15, 0.2) is 0 Å². The summed E-state index contributed by atoms with van der Waals surface area (Å²) in [6.45, 7) is 0. The minimum atomic E-state index is -1.27. The molecule has 0 rings (SSSR count). The zero-order valence-electron chi connectivity index (χ0n) is 26.0. The molecule has 0 heterocycles. The van der Waals surface area contributed by atoms with Gasteiger partial charge in [0, 0.05) is 0 Å². The van der Waals surface area contributed by atoms with Gasteiger partial charge in [0.15, 0.2) is 0 Å². The summed E-state index contributed by atoms with van der Waals surface area (Å²) in [5, 5.41) is 0. The second-order valence-corrected chi connectivity index (χ2v) is 12.3. The van der Waals surface area contributed by atoms with Crippen LogP contribution < -0.4 is 0 Å². The van der Waals surface area contributed by atoms with Gasteiger partial charge in [0.1, 0.15) is 0 Å². The van der Waals surface area contributed by atoms with Gasteiger partial charge in [0.2, 0.25) is 0 Å². The van der Waals surface area contributed by atoms with Crippen LogP contribution in [0.1, 0.15) is 0 Å². The molecule has 0 aromatic carbocycles. The Labute approximate surface area is 316 Å². The van der Waals surface area contributed by atoms with E-state index in [2.05, 4.69) is 0 Å². The van der Waals surface area contributed by atoms with Crippen molar-refractivity contribution in [3.05, 3.63) is 0 Å². The Morgan fingerprint density at radius 1 is 0.267 bits per heavy atom. The molecule has 0 fully saturated rings. The second-order valence-electron chi connectivity index (χ2n) is 12.3. The lowest BCUT2D eigenvalue weighted by molar-refractivity contribution is 3.20. The van der Waals surface area contributed by atoms with Crippen LogP contribution in [-0.2, 0) is 0 Å². The predicted octanol–water partition coefficient (Wildman–Crippen LogP) is -17.1. The van der Waals surface area contributed by atoms with E-state index in [-0.39, 0.29) is 0 Å². The summed E-state index contributed by atoms with van der Waals surface area (Å²) >= 11 is 0. The van der Waals surface area contributed by atoms with E-state index >= 15 is 0 Å². The number of hydrogen-bond donors (Lipinski definition) is 0. The highest BCUT2D eigenvalue weighted by molar-refractivity contribution is 8.34. The fourth-order valence-electron chi connectivity index (χ4n) is 7.44. The van der Waals surface area contributed by atoms with E-state index in [1.54, 1.807) is 0 Å². The van der Waals surface area contributed by atoms with Crippen LogP contribution in [0.2, 0.25) is 0 Å². The first-order valence-corrected chi connectivity index (χ1v) is 14.7. The van der Waals surface area contributed by atoms with Crippen LogP contribution in [-0.4, -0.2) is 319 Å². The lowest BCUT2D eigenvalue weighted by Gasteiger charge is -2.57. The highest BCUT2D eigenvalue weighted by Crippen LogP contribution is 2.20. The van der Waals surface area contributed by atoms with Crippen LogP contribution >= 0.6 is 0 Å². The van der Waals surface area contributed by atoms with Crippen LogP contribution in [0.5, 0.6) is 0 Å². The van der Waals surface area contributed by atoms with E-state index in [4.69, 9.17) is 178 Å². The van der Waals surface area contributed by atoms with Crippen LogP contribution in [0, 0.1) is 0 Å². The Kier molecular flexibility index (Phi) is 23.5. The van der Waals surface area contributed by atoms with Gasteiger partial charge in [-0.25, -0.2) is 6.39 Å². The van der Waals surface area contributed by atoms with Crippen molar-refractivity contribution in [2.75, 3.05) is 0 Å². The first-order valence-electron chi connectivity index (χ1n) is 14.7. The largest absolute Gasteiger partial charge is 0.690 e. The third-order valence-corrected chi connectivity index (χ3v) is 9.11. The maximum absolute atomic E-state index is 6.35. The van der Waals surface area contributed by atoms with Crippen molar-refractivity contribution in [1.29, 1.82) is 0 Å². The molecule has 49 radical (unpaired) electrons. The summed E-state index contributed by atoms with van der Waals surface area (Å²) < 4.78 is 0. The van der Waals surface area contributed by atoms with Crippen molar-refractivity contribution in [2.45, 2.75) is 0 Å². The fraction of sp³-hybridized carbons (Fsp3) is 0. The van der Waals surface area contributed by atoms with Crippen LogP contribution in [0.25, 0.3) is 0 Å². The Balaban J connectivity index is 8.98. The topological polar surface area (TPSA) is 0 Å². The molecular formula is B45-2. The van der Waals surface area contributed by atoms with Crippen molar-refractivity contribution >= 4 is 319 Å². The van der Waals surface area contributed by atoms with E-state index in [1.165, 1.54) is 7.06 Å². The lowest BCUT2D eigenvalue weighted by Crippen LogP contribution is -2.94. The highest BCUT2D eigenvalue weighted by Gasteiger charge is 2.57. The molecule has 45 heavy (non-hydrogen) atoms. The number of hydrogen-bond acceptors (Lipinski definition) is 0. The molecule has 0 aliphatic heterocycles. The molecule has 0 bridgehead atoms. The Morgan fingerprint density at radius 2 is 0.422 bits per heavy atom. The van der Waals surface area contributed by atoms with E-state index in [0.717, 1.165) is 0 Å². The summed E-state index contributed by atoms with van der Waals surface area (Å²) in [7, 11) is 147. The van der Waals surface area contributed by atoms with E-state index in [9.17, 15) is 0 Å². The standard InChI is InChI=1S/B45/c1-24-36(25(2)3)42(37(26(4)5)27(6)7)45(43(38(28(8)9)29(10)11)39(30(12)13)31(14)15)44(40(32(16)17)33(18)19)41(34(20)21)35(22)23/q-2. The second kappa shape index (κ2) is 22.1. The molecule has 0 N–H and O–H groups in total. The Morgan fingerprint density at radius 3 is 0.556 bits per heavy atom. The molecule has 137 valence electrons. The van der Waals surface area contributed by atoms with Gasteiger partial charge in [0.25, 0.3) is 0 Å². The third-order valence-electron chi connectivity index (χ3n) is 9.11. The SMILES string of the molecule is [B]B([B])B(B([B])[B])B(B([B][B-])B([B])[B-])B(B(B(B([B])[B])B([B])[B])B(B([B])[B])B([B])[B])B(B(B([B])[B])B([B])[B])B(B([B])[B])B([B])[B]. The molecule has 0 nitrogen and oxygen atoms in total. The van der Waals surface area contributed by atoms with Crippen LogP contribution in [0.3, 0.4) is 0 Å². The van der Waals surface area contributed by atoms with Gasteiger partial charge in [0.05, 0.1) is 0 Å². The van der Waals surface area contributed by atoms with Gasteiger partial charge in [-0.2, -0.15) is 0 Å². The molecule has 0 aliphatic rings. The highest BCUT2D eigenvalue weighted by atomic mass is 13.4. The van der Waals surface area contributed by atoms with E-state index in [0.29, 0.717) is 0 Å². The van der Waals surface area contributed by atoms with Crippen molar-refractivity contribution in [1.82, 2.24) is 0 Å². The maximum atomic E-state index is 6.35. The first-order chi connectivity index (χ1) is 20.5. The van der Waals surface area contributed by atoms with Gasteiger partial charge < -0.3 is 15.5 Å². The van der Waals surface area contributed by atoms with Crippen LogP contribution in [0.4, 0.5) is 0 Å². The lowest BCUT2D eigenvalue weighted by atomic mass is 8.26. The van der Waals surface area contributed by atoms with Gasteiger partial charge in [-0.1, -0.05) is 6.39 Å². The fourth-order valence-corrected chi connectivity index (χ4v) is 7.44. The Bertz CT molecular complexity index is 622. The first kappa shape index (κ1) is 47.9. The molecule has 0 saturated carbocycles. The third kappa shape index (κ3) is 13.1. The minimum absolute atomic E-state index is 1.02. The molecular weight excluding hydrogens is 487 g/mol. The van der Waals surface area contributed by atoms with Crippen molar-refractivity contribution in [2.24, 2.45) is 0 Å². The maximum Gasteiger partial charge on any atom is -0.000000000000170 e. The molecule has 45 heteroatoms. The van der Waals surface area contributed by atoms with Crippen molar-refractivity contribution in [3.8, 4) is 0 Å². The average Bonchev–Trinajstić information content (AvgIpc) is 2.81. The molecule has 0 aliphatic carbocycles. The number of rotatable bonds is 21. The molecule has 0 amide bonds. The summed E-state index contributed by atoms with van der Waals surface area (Å²) in [5.74, 6) is 0. The summed E-state index contributed by atoms with van der Waals surface area (Å²) in [5.41, 5.74) is 0. The molecule has 0 unspecified atom stereocenters. The van der Waals surface area contributed by atoms with Gasteiger partial charge >= 0.3 is 0 Å². The monoisotopic (exact) mass is 495 g/mol. The molecule has 0 spiro atoms. The van der Waals surface area contributed by atoms with Gasteiger partial charge in [-0.15, -0.1) is 0 Å². The molecule has 0 saturated heterocycles. The van der Waals surface area contributed by atoms with Crippen molar-refractivity contribution in [3.63, 3.8) is 0 Å². The van der Waals surface area contributed by atoms with Gasteiger partial charge in [-0.3, -0.25) is 7.06 Å². The normalized spacial score (nSPS) is 9.64. The van der Waals surface area contributed by atoms with E-state index in [1.807, 2.05) is 0 Å². The zero-order chi connectivity index (χ0) is 35.8. The zero-order valence-corrected chi connectivity index (χ0v) is 26.0. The summed E-state index contributed by atoms with van der Waals surface area (Å²) in [4.78, 5) is 0. The summed E-state index contributed by atoms with van der Waals surface area (Å²) in [6.07, 6.45) is -24.9. The quantitative estimate of drug-likeness (QED) is 0.142. The average molecular weight is 487 g/mol. The molecule has 0 aromatic rings. The van der Waals surface area contributed by atoms with Crippen molar-refractivity contribution < 1.29 is 0 Å². The predicted molar refractivity (Wildman–Crippen MR) is 259 cm³/mol. The molecule has 0 atom stereocenters. The van der Waals surface area contributed by atoms with E-state index < -0.39 is 134 Å². The molecule has 0 aromatic heterocycles. The minimum Gasteiger partial charge on any atom is -0.690 e. The Hall–Kier alpha value is 2.92.